The molecule has 0 aromatic heterocycles. The Morgan fingerprint density at radius 3 is 2.33 bits per heavy atom. The van der Waals surface area contributed by atoms with E-state index in [0.29, 0.717) is 24.3 Å². The Bertz CT molecular complexity index is 468. The molecule has 1 fully saturated rings. The molecule has 0 atom stereocenters. The smallest absolute Gasteiger partial charge is 0.331 e. The molecule has 1 aromatic rings. The third-order valence-electron chi connectivity index (χ3n) is 3.03. The van der Waals surface area contributed by atoms with Gasteiger partial charge in [-0.25, -0.2) is 9.69 Å². The van der Waals surface area contributed by atoms with Gasteiger partial charge < -0.3 is 10.6 Å². The second-order valence-electron chi connectivity index (χ2n) is 4.64. The maximum absolute atomic E-state index is 12.3. The molecule has 1 aliphatic rings. The van der Waals surface area contributed by atoms with Gasteiger partial charge in [0, 0.05) is 24.7 Å². The Hall–Kier alpha value is -2.04. The van der Waals surface area contributed by atoms with Crippen LogP contribution >= 0.6 is 0 Å². The summed E-state index contributed by atoms with van der Waals surface area (Å²) in [6.07, 6.45) is 0.355. The molecule has 0 aliphatic carbocycles. The number of carbonyl (C=O) groups is 2. The topological polar surface area (TPSA) is 66.6 Å². The molecule has 1 aromatic carbocycles. The first-order chi connectivity index (χ1) is 8.50. The summed E-state index contributed by atoms with van der Waals surface area (Å²) in [7, 11) is 0. The first kappa shape index (κ1) is 12.4. The van der Waals surface area contributed by atoms with Crippen LogP contribution < -0.4 is 10.6 Å². The van der Waals surface area contributed by atoms with E-state index in [-0.39, 0.29) is 18.0 Å². The van der Waals surface area contributed by atoms with Crippen LogP contribution in [0.2, 0.25) is 0 Å². The lowest BCUT2D eigenvalue weighted by atomic mass is 10.2. The van der Waals surface area contributed by atoms with Crippen LogP contribution in [0.4, 0.5) is 16.2 Å². The third kappa shape index (κ3) is 2.16. The van der Waals surface area contributed by atoms with Gasteiger partial charge in [-0.3, -0.25) is 4.79 Å². The molecule has 0 spiro atoms. The first-order valence-electron chi connectivity index (χ1n) is 6.00. The van der Waals surface area contributed by atoms with Gasteiger partial charge >= 0.3 is 6.03 Å². The van der Waals surface area contributed by atoms with E-state index >= 15 is 0 Å². The van der Waals surface area contributed by atoms with Crippen LogP contribution in [0.1, 0.15) is 20.3 Å². The maximum atomic E-state index is 12.3. The van der Waals surface area contributed by atoms with Gasteiger partial charge in [0.15, 0.2) is 0 Å². The van der Waals surface area contributed by atoms with Crippen LogP contribution in [-0.4, -0.2) is 29.4 Å². The van der Waals surface area contributed by atoms with E-state index in [2.05, 4.69) is 0 Å². The van der Waals surface area contributed by atoms with Crippen LogP contribution in [0.25, 0.3) is 0 Å². The highest BCUT2D eigenvalue weighted by Crippen LogP contribution is 2.23. The van der Waals surface area contributed by atoms with Crippen molar-refractivity contribution >= 4 is 23.3 Å². The minimum atomic E-state index is -0.258. The fourth-order valence-corrected chi connectivity index (χ4v) is 2.02. The summed E-state index contributed by atoms with van der Waals surface area (Å²) < 4.78 is 0. The standard InChI is InChI=1S/C13H17N3O2/c1-9(2)15-8-7-12(17)16(13(15)18)11-5-3-10(14)4-6-11/h3-6,9H,7-8,14H2,1-2H3. The van der Waals surface area contributed by atoms with Gasteiger partial charge in [0.05, 0.1) is 5.69 Å². The molecule has 0 saturated carbocycles. The summed E-state index contributed by atoms with van der Waals surface area (Å²) in [6, 6.07) is 6.58. The number of nitrogens with zero attached hydrogens (tertiary/aromatic N) is 2. The Labute approximate surface area is 106 Å². The van der Waals surface area contributed by atoms with E-state index in [4.69, 9.17) is 5.73 Å². The second kappa shape index (κ2) is 4.68. The Morgan fingerprint density at radius 1 is 1.17 bits per heavy atom. The van der Waals surface area contributed by atoms with Gasteiger partial charge in [0.2, 0.25) is 5.91 Å². The Balaban J connectivity index is 2.31. The number of nitrogens with two attached hydrogens (primary N) is 1. The number of urea groups is 1. The van der Waals surface area contributed by atoms with Crippen molar-refractivity contribution in [1.82, 2.24) is 4.90 Å². The van der Waals surface area contributed by atoms with Crippen LogP contribution in [0.3, 0.4) is 0 Å². The van der Waals surface area contributed by atoms with E-state index in [1.807, 2.05) is 13.8 Å². The minimum absolute atomic E-state index is 0.0851. The maximum Gasteiger partial charge on any atom is 0.331 e. The fourth-order valence-electron chi connectivity index (χ4n) is 2.02. The molecular formula is C13H17N3O2. The molecule has 1 aliphatic heterocycles. The summed E-state index contributed by atoms with van der Waals surface area (Å²) >= 11 is 0. The number of imide groups is 1. The van der Waals surface area contributed by atoms with Gasteiger partial charge in [-0.15, -0.1) is 0 Å². The first-order valence-corrected chi connectivity index (χ1v) is 6.00. The van der Waals surface area contributed by atoms with Crippen molar-refractivity contribution in [2.24, 2.45) is 0 Å². The number of anilines is 2. The SMILES string of the molecule is CC(C)N1CCC(=O)N(c2ccc(N)cc2)C1=O. The molecule has 18 heavy (non-hydrogen) atoms. The molecule has 96 valence electrons. The molecule has 2 N–H and O–H groups in total. The van der Waals surface area contributed by atoms with E-state index < -0.39 is 0 Å². The molecule has 5 nitrogen and oxygen atoms in total. The van der Waals surface area contributed by atoms with Crippen molar-refractivity contribution in [2.45, 2.75) is 26.3 Å². The van der Waals surface area contributed by atoms with Crippen molar-refractivity contribution in [3.05, 3.63) is 24.3 Å². The van der Waals surface area contributed by atoms with Crippen molar-refractivity contribution in [3.8, 4) is 0 Å². The van der Waals surface area contributed by atoms with E-state index in [0.717, 1.165) is 0 Å². The lowest BCUT2D eigenvalue weighted by molar-refractivity contribution is -0.119. The average molecular weight is 247 g/mol. The number of benzene rings is 1. The number of rotatable bonds is 2. The lowest BCUT2D eigenvalue weighted by Gasteiger charge is -2.36. The van der Waals surface area contributed by atoms with Gasteiger partial charge in [-0.1, -0.05) is 0 Å². The molecule has 0 unspecified atom stereocenters. The highest BCUT2D eigenvalue weighted by atomic mass is 16.2. The van der Waals surface area contributed by atoms with Crippen LogP contribution in [-0.2, 0) is 4.79 Å². The predicted octanol–water partition coefficient (Wildman–Crippen LogP) is 1.84. The zero-order valence-electron chi connectivity index (χ0n) is 10.6. The second-order valence-corrected chi connectivity index (χ2v) is 4.64. The summed E-state index contributed by atoms with van der Waals surface area (Å²) in [6.45, 7) is 4.37. The number of hydrogen-bond donors (Lipinski definition) is 1. The predicted molar refractivity (Wildman–Crippen MR) is 70.2 cm³/mol. The van der Waals surface area contributed by atoms with E-state index in [9.17, 15) is 9.59 Å². The fraction of sp³-hybridized carbons (Fsp3) is 0.385. The van der Waals surface area contributed by atoms with Crippen LogP contribution in [0.15, 0.2) is 24.3 Å². The number of amides is 3. The van der Waals surface area contributed by atoms with Crippen molar-refractivity contribution < 1.29 is 9.59 Å². The van der Waals surface area contributed by atoms with Gasteiger partial charge in [0.25, 0.3) is 0 Å². The van der Waals surface area contributed by atoms with Gasteiger partial charge in [-0.2, -0.15) is 0 Å². The van der Waals surface area contributed by atoms with Gasteiger partial charge in [0.1, 0.15) is 0 Å². The van der Waals surface area contributed by atoms with Crippen molar-refractivity contribution in [1.29, 1.82) is 0 Å². The average Bonchev–Trinajstić information content (AvgIpc) is 2.31. The van der Waals surface area contributed by atoms with Crippen LogP contribution in [0.5, 0.6) is 0 Å². The molecule has 0 bridgehead atoms. The molecule has 0 radical (unpaired) electrons. The molecule has 3 amide bonds. The summed E-state index contributed by atoms with van der Waals surface area (Å²) in [5.41, 5.74) is 6.78. The largest absolute Gasteiger partial charge is 0.399 e. The van der Waals surface area contributed by atoms with Crippen molar-refractivity contribution in [3.63, 3.8) is 0 Å². The summed E-state index contributed by atoms with van der Waals surface area (Å²) in [5, 5.41) is 0. The molecule has 2 rings (SSSR count). The van der Waals surface area contributed by atoms with Crippen LogP contribution in [0, 0.1) is 0 Å². The molecular weight excluding hydrogens is 230 g/mol. The molecule has 5 heteroatoms. The number of nitrogen functional groups attached to an aromatic ring is 1. The Morgan fingerprint density at radius 2 is 1.78 bits per heavy atom. The third-order valence-corrected chi connectivity index (χ3v) is 3.03. The van der Waals surface area contributed by atoms with Crippen molar-refractivity contribution in [2.75, 3.05) is 17.2 Å². The normalized spacial score (nSPS) is 16.6. The quantitative estimate of drug-likeness (QED) is 0.811. The zero-order valence-corrected chi connectivity index (χ0v) is 10.6. The number of hydrogen-bond acceptors (Lipinski definition) is 3. The lowest BCUT2D eigenvalue weighted by Crippen LogP contribution is -2.54. The highest BCUT2D eigenvalue weighted by molar-refractivity contribution is 6.15. The van der Waals surface area contributed by atoms with E-state index in [1.165, 1.54) is 4.90 Å². The Kier molecular flexibility index (Phi) is 3.23. The highest BCUT2D eigenvalue weighted by Gasteiger charge is 2.34. The summed E-state index contributed by atoms with van der Waals surface area (Å²) in [5.74, 6) is -0.165. The summed E-state index contributed by atoms with van der Waals surface area (Å²) in [4.78, 5) is 27.1. The van der Waals surface area contributed by atoms with E-state index in [1.54, 1.807) is 29.2 Å². The number of carbonyl (C=O) groups excluding carboxylic acids is 2. The monoisotopic (exact) mass is 247 g/mol. The minimum Gasteiger partial charge on any atom is -0.399 e. The molecule has 1 saturated heterocycles. The van der Waals surface area contributed by atoms with Gasteiger partial charge in [-0.05, 0) is 38.1 Å². The molecule has 1 heterocycles. The zero-order chi connectivity index (χ0) is 13.3.